The Morgan fingerprint density at radius 2 is 2.16 bits per heavy atom. The van der Waals surface area contributed by atoms with Gasteiger partial charge < -0.3 is 10.3 Å². The van der Waals surface area contributed by atoms with E-state index in [0.717, 1.165) is 28.5 Å². The Balaban J connectivity index is 1.76. The molecule has 98 valence electrons. The number of fused-ring (bicyclic) bond motifs is 1. The van der Waals surface area contributed by atoms with E-state index in [1.807, 2.05) is 24.5 Å². The molecule has 3 rings (SSSR count). The lowest BCUT2D eigenvalue weighted by atomic mass is 10.2. The van der Waals surface area contributed by atoms with Crippen molar-refractivity contribution in [3.63, 3.8) is 0 Å². The number of nitrogens with zero attached hydrogens (tertiary/aromatic N) is 2. The topological polar surface area (TPSA) is 43.8 Å². The first-order valence-corrected chi connectivity index (χ1v) is 7.78. The Hall–Kier alpha value is -1.17. The molecule has 0 saturated heterocycles. The predicted molar refractivity (Wildman–Crippen MR) is 83.4 cm³/mol. The van der Waals surface area contributed by atoms with Crippen LogP contribution >= 0.6 is 27.3 Å². The minimum absolute atomic E-state index is 0.0903. The fraction of sp³-hybridized carbons (Fsp3) is 0.214. The van der Waals surface area contributed by atoms with E-state index >= 15 is 0 Å². The highest BCUT2D eigenvalue weighted by molar-refractivity contribution is 9.10. The molecule has 0 aliphatic heterocycles. The van der Waals surface area contributed by atoms with Gasteiger partial charge in [0, 0.05) is 21.9 Å². The zero-order valence-corrected chi connectivity index (χ0v) is 12.7. The number of thiophene rings is 1. The van der Waals surface area contributed by atoms with Crippen LogP contribution in [0.15, 0.2) is 46.5 Å². The lowest BCUT2D eigenvalue weighted by Crippen LogP contribution is -2.28. The van der Waals surface area contributed by atoms with Gasteiger partial charge in [0.2, 0.25) is 0 Å². The molecule has 2 N–H and O–H groups in total. The highest BCUT2D eigenvalue weighted by Crippen LogP contribution is 2.24. The van der Waals surface area contributed by atoms with E-state index < -0.39 is 0 Å². The number of hydrogen-bond donors (Lipinski definition) is 1. The molecule has 1 unspecified atom stereocenters. The van der Waals surface area contributed by atoms with Crippen molar-refractivity contribution in [2.75, 3.05) is 0 Å². The van der Waals surface area contributed by atoms with Crippen LogP contribution in [0.2, 0.25) is 0 Å². The summed E-state index contributed by atoms with van der Waals surface area (Å²) < 4.78 is 3.28. The molecule has 1 aromatic carbocycles. The van der Waals surface area contributed by atoms with Gasteiger partial charge in [-0.1, -0.05) is 12.1 Å². The molecule has 0 radical (unpaired) electrons. The van der Waals surface area contributed by atoms with Crippen LogP contribution in [0.1, 0.15) is 4.88 Å². The molecule has 0 aliphatic rings. The maximum atomic E-state index is 6.25. The van der Waals surface area contributed by atoms with Crippen LogP contribution in [0, 0.1) is 0 Å². The first-order valence-electron chi connectivity index (χ1n) is 6.11. The summed E-state index contributed by atoms with van der Waals surface area (Å²) in [7, 11) is 0. The van der Waals surface area contributed by atoms with Crippen LogP contribution in [-0.4, -0.2) is 15.6 Å². The Morgan fingerprint density at radius 1 is 1.32 bits per heavy atom. The van der Waals surface area contributed by atoms with Crippen LogP contribution in [-0.2, 0) is 13.0 Å². The molecule has 2 heterocycles. The van der Waals surface area contributed by atoms with Crippen LogP contribution in [0.4, 0.5) is 0 Å². The molecule has 0 aliphatic carbocycles. The smallest absolute Gasteiger partial charge is 0.0958 e. The summed E-state index contributed by atoms with van der Waals surface area (Å²) in [6, 6.07) is 10.3. The van der Waals surface area contributed by atoms with Gasteiger partial charge in [-0.3, -0.25) is 0 Å². The van der Waals surface area contributed by atoms with E-state index in [9.17, 15) is 0 Å². The van der Waals surface area contributed by atoms with Gasteiger partial charge in [-0.25, -0.2) is 4.98 Å². The van der Waals surface area contributed by atoms with Crippen molar-refractivity contribution in [3.8, 4) is 0 Å². The summed E-state index contributed by atoms with van der Waals surface area (Å²) in [4.78, 5) is 5.69. The average molecular weight is 336 g/mol. The van der Waals surface area contributed by atoms with Crippen molar-refractivity contribution in [2.45, 2.75) is 19.0 Å². The summed E-state index contributed by atoms with van der Waals surface area (Å²) in [5.74, 6) is 0. The van der Waals surface area contributed by atoms with Crippen molar-refractivity contribution < 1.29 is 0 Å². The van der Waals surface area contributed by atoms with Crippen molar-refractivity contribution in [2.24, 2.45) is 5.73 Å². The molecule has 2 aromatic heterocycles. The minimum atomic E-state index is 0.0903. The van der Waals surface area contributed by atoms with E-state index in [-0.39, 0.29) is 6.04 Å². The molecule has 3 aromatic rings. The van der Waals surface area contributed by atoms with Gasteiger partial charge in [-0.2, -0.15) is 0 Å². The van der Waals surface area contributed by atoms with Crippen molar-refractivity contribution in [1.82, 2.24) is 9.55 Å². The Bertz CT molecular complexity index is 689. The molecular weight excluding hydrogens is 322 g/mol. The normalized spacial score (nSPS) is 12.9. The Labute approximate surface area is 124 Å². The summed E-state index contributed by atoms with van der Waals surface area (Å²) in [5, 5.41) is 2.08. The molecular formula is C14H14BrN3S. The van der Waals surface area contributed by atoms with Gasteiger partial charge in [-0.15, -0.1) is 11.3 Å². The molecule has 5 heteroatoms. The highest BCUT2D eigenvalue weighted by atomic mass is 79.9. The number of benzene rings is 1. The number of hydrogen-bond acceptors (Lipinski definition) is 3. The quantitative estimate of drug-likeness (QED) is 0.793. The van der Waals surface area contributed by atoms with E-state index in [4.69, 9.17) is 5.73 Å². The lowest BCUT2D eigenvalue weighted by molar-refractivity contribution is 0.562. The largest absolute Gasteiger partial charge is 0.329 e. The second-order valence-corrected chi connectivity index (χ2v) is 6.40. The van der Waals surface area contributed by atoms with Gasteiger partial charge in [0.05, 0.1) is 17.4 Å². The Morgan fingerprint density at radius 3 is 2.95 bits per heavy atom. The fourth-order valence-electron chi connectivity index (χ4n) is 2.18. The number of aromatic nitrogens is 2. The number of halogens is 1. The van der Waals surface area contributed by atoms with E-state index in [1.54, 1.807) is 11.3 Å². The maximum absolute atomic E-state index is 6.25. The standard InChI is InChI=1S/C14H14BrN3S/c15-11-5-6-19-14(11)7-10(16)8-18-9-17-12-3-1-2-4-13(12)18/h1-6,9-10H,7-8,16H2. The maximum Gasteiger partial charge on any atom is 0.0958 e. The lowest BCUT2D eigenvalue weighted by Gasteiger charge is -2.12. The summed E-state index contributed by atoms with van der Waals surface area (Å²) in [5.41, 5.74) is 8.42. The first kappa shape index (κ1) is 12.8. The van der Waals surface area contributed by atoms with Crippen molar-refractivity contribution in [3.05, 3.63) is 51.4 Å². The third-order valence-electron chi connectivity index (χ3n) is 3.10. The third-order valence-corrected chi connectivity index (χ3v) is 5.05. The van der Waals surface area contributed by atoms with Crippen molar-refractivity contribution >= 4 is 38.3 Å². The van der Waals surface area contributed by atoms with Gasteiger partial charge in [0.25, 0.3) is 0 Å². The summed E-state index contributed by atoms with van der Waals surface area (Å²) >= 11 is 5.29. The average Bonchev–Trinajstić information content (AvgIpc) is 2.98. The van der Waals surface area contributed by atoms with E-state index in [0.29, 0.717) is 0 Å². The van der Waals surface area contributed by atoms with E-state index in [1.165, 1.54) is 4.88 Å². The van der Waals surface area contributed by atoms with Gasteiger partial charge >= 0.3 is 0 Å². The molecule has 3 nitrogen and oxygen atoms in total. The summed E-state index contributed by atoms with van der Waals surface area (Å²) in [6.45, 7) is 0.783. The SMILES string of the molecule is NC(Cc1sccc1Br)Cn1cnc2ccccc21. The second kappa shape index (κ2) is 5.45. The number of nitrogens with two attached hydrogens (primary N) is 1. The van der Waals surface area contributed by atoms with Gasteiger partial charge in [0.1, 0.15) is 0 Å². The number of imidazole rings is 1. The van der Waals surface area contributed by atoms with Crippen molar-refractivity contribution in [1.29, 1.82) is 0 Å². The third kappa shape index (κ3) is 2.73. The van der Waals surface area contributed by atoms with E-state index in [2.05, 4.69) is 43.0 Å². The zero-order chi connectivity index (χ0) is 13.2. The molecule has 0 amide bonds. The van der Waals surface area contributed by atoms with Gasteiger partial charge in [-0.05, 0) is 45.9 Å². The minimum Gasteiger partial charge on any atom is -0.329 e. The zero-order valence-electron chi connectivity index (χ0n) is 10.3. The summed E-state index contributed by atoms with van der Waals surface area (Å²) in [6.07, 6.45) is 2.75. The van der Waals surface area contributed by atoms with Crippen LogP contribution in [0.25, 0.3) is 11.0 Å². The second-order valence-electron chi connectivity index (χ2n) is 4.54. The molecule has 0 spiro atoms. The molecule has 0 bridgehead atoms. The fourth-order valence-corrected chi connectivity index (χ4v) is 3.79. The van der Waals surface area contributed by atoms with Crippen LogP contribution < -0.4 is 5.73 Å². The van der Waals surface area contributed by atoms with Crippen LogP contribution in [0.3, 0.4) is 0 Å². The molecule has 1 atom stereocenters. The number of rotatable bonds is 4. The predicted octanol–water partition coefficient (Wildman–Crippen LogP) is 3.43. The first-order chi connectivity index (χ1) is 9.24. The molecule has 19 heavy (non-hydrogen) atoms. The Kier molecular flexibility index (Phi) is 3.68. The highest BCUT2D eigenvalue weighted by Gasteiger charge is 2.10. The van der Waals surface area contributed by atoms with Crippen LogP contribution in [0.5, 0.6) is 0 Å². The number of para-hydroxylation sites is 2. The van der Waals surface area contributed by atoms with Gasteiger partial charge in [0.15, 0.2) is 0 Å². The molecule has 0 saturated carbocycles. The molecule has 0 fully saturated rings. The monoisotopic (exact) mass is 335 g/mol.